The number of hydrogen-bond donors (Lipinski definition) is 0. The summed E-state index contributed by atoms with van der Waals surface area (Å²) in [5, 5.41) is 5.19. The molecule has 3 nitrogen and oxygen atoms in total. The maximum Gasteiger partial charge on any atom is 0.271 e. The lowest BCUT2D eigenvalue weighted by molar-refractivity contribution is 0.0952. The summed E-state index contributed by atoms with van der Waals surface area (Å²) in [4.78, 5) is 12.0. The average molecular weight is 295 g/mol. The molecule has 5 heteroatoms. The van der Waals surface area contributed by atoms with Gasteiger partial charge in [0.15, 0.2) is 0 Å². The van der Waals surface area contributed by atoms with E-state index in [1.54, 1.807) is 24.3 Å². The number of halogens is 2. The molecule has 0 aliphatic carbocycles. The number of aryl methyl sites for hydroxylation is 2. The summed E-state index contributed by atoms with van der Waals surface area (Å²) in [6, 6.07) is 6.97. The minimum atomic E-state index is -0.211. The average Bonchev–Trinajstić information content (AvgIpc) is 2.67. The minimum Gasteiger partial charge on any atom is -0.267 e. The second-order valence-electron chi connectivity index (χ2n) is 4.18. The minimum absolute atomic E-state index is 0.211. The lowest BCUT2D eigenvalue weighted by Gasteiger charge is -2.00. The normalized spacial score (nSPS) is 11.2. The lowest BCUT2D eigenvalue weighted by atomic mass is 10.2. The molecule has 0 amide bonds. The molecular weight excluding hydrogens is 283 g/mol. The third-order valence-electron chi connectivity index (χ3n) is 2.59. The molecular formula is C14H12Cl2N2O. The fourth-order valence-electron chi connectivity index (χ4n) is 1.72. The van der Waals surface area contributed by atoms with Crippen LogP contribution < -0.4 is 0 Å². The van der Waals surface area contributed by atoms with Crippen LogP contribution >= 0.6 is 23.2 Å². The molecule has 0 saturated carbocycles. The Morgan fingerprint density at radius 3 is 2.58 bits per heavy atom. The van der Waals surface area contributed by atoms with E-state index in [4.69, 9.17) is 23.2 Å². The van der Waals surface area contributed by atoms with Gasteiger partial charge in [0.05, 0.1) is 5.69 Å². The van der Waals surface area contributed by atoms with Crippen molar-refractivity contribution in [3.8, 4) is 0 Å². The number of aromatic nitrogens is 2. The number of hydrogen-bond acceptors (Lipinski definition) is 2. The molecule has 0 spiro atoms. The quantitative estimate of drug-likeness (QED) is 0.780. The van der Waals surface area contributed by atoms with E-state index in [-0.39, 0.29) is 5.91 Å². The molecule has 2 rings (SSSR count). The predicted octanol–water partition coefficient (Wildman–Crippen LogP) is 4.16. The summed E-state index contributed by atoms with van der Waals surface area (Å²) < 4.78 is 1.36. The molecule has 0 aliphatic rings. The van der Waals surface area contributed by atoms with Gasteiger partial charge in [0.25, 0.3) is 5.91 Å². The smallest absolute Gasteiger partial charge is 0.267 e. The van der Waals surface area contributed by atoms with Gasteiger partial charge in [-0.2, -0.15) is 5.10 Å². The standard InChI is InChI=1S/C14H12Cl2N2O/c1-9-7-10(2)18(17-9)14(19)6-4-11-3-5-12(15)8-13(11)16/h3-8H,1-2H3. The number of rotatable bonds is 2. The maximum absolute atomic E-state index is 12.0. The van der Waals surface area contributed by atoms with Crippen molar-refractivity contribution < 1.29 is 4.79 Å². The summed E-state index contributed by atoms with van der Waals surface area (Å²) >= 11 is 11.8. The lowest BCUT2D eigenvalue weighted by Crippen LogP contribution is -2.10. The largest absolute Gasteiger partial charge is 0.271 e. The van der Waals surface area contributed by atoms with E-state index >= 15 is 0 Å². The summed E-state index contributed by atoms with van der Waals surface area (Å²) in [6.45, 7) is 3.68. The van der Waals surface area contributed by atoms with Crippen LogP contribution in [0.5, 0.6) is 0 Å². The molecule has 0 atom stereocenters. The molecule has 0 N–H and O–H groups in total. The Hall–Kier alpha value is -1.58. The SMILES string of the molecule is Cc1cc(C)n(C(=O)C=Cc2ccc(Cl)cc2Cl)n1. The Bertz CT molecular complexity index is 659. The van der Waals surface area contributed by atoms with E-state index in [2.05, 4.69) is 5.10 Å². The van der Waals surface area contributed by atoms with Gasteiger partial charge in [-0.1, -0.05) is 29.3 Å². The summed E-state index contributed by atoms with van der Waals surface area (Å²) in [5.74, 6) is -0.211. The van der Waals surface area contributed by atoms with Crippen molar-refractivity contribution in [1.82, 2.24) is 9.78 Å². The highest BCUT2D eigenvalue weighted by Crippen LogP contribution is 2.22. The van der Waals surface area contributed by atoms with Crippen LogP contribution in [0.4, 0.5) is 0 Å². The third-order valence-corrected chi connectivity index (χ3v) is 3.15. The fourth-order valence-corrected chi connectivity index (χ4v) is 2.19. The van der Waals surface area contributed by atoms with Crippen LogP contribution in [-0.4, -0.2) is 15.7 Å². The third kappa shape index (κ3) is 3.25. The highest BCUT2D eigenvalue weighted by molar-refractivity contribution is 6.35. The van der Waals surface area contributed by atoms with Gasteiger partial charge in [0.2, 0.25) is 0 Å². The molecule has 0 saturated heterocycles. The molecule has 1 aromatic heterocycles. The molecule has 1 aromatic carbocycles. The first-order valence-electron chi connectivity index (χ1n) is 5.68. The fraction of sp³-hybridized carbons (Fsp3) is 0.143. The van der Waals surface area contributed by atoms with Crippen LogP contribution in [0.25, 0.3) is 6.08 Å². The molecule has 1 heterocycles. The molecule has 98 valence electrons. The van der Waals surface area contributed by atoms with E-state index in [0.29, 0.717) is 10.0 Å². The van der Waals surface area contributed by atoms with E-state index in [0.717, 1.165) is 17.0 Å². The van der Waals surface area contributed by atoms with E-state index in [1.165, 1.54) is 10.8 Å². The van der Waals surface area contributed by atoms with Crippen molar-refractivity contribution in [1.29, 1.82) is 0 Å². The first-order valence-corrected chi connectivity index (χ1v) is 6.43. The summed E-state index contributed by atoms with van der Waals surface area (Å²) in [5.41, 5.74) is 2.35. The number of allylic oxidation sites excluding steroid dienone is 1. The number of benzene rings is 1. The Morgan fingerprint density at radius 1 is 1.26 bits per heavy atom. The van der Waals surface area contributed by atoms with Crippen LogP contribution in [0, 0.1) is 13.8 Å². The van der Waals surface area contributed by atoms with Crippen molar-refractivity contribution in [2.24, 2.45) is 0 Å². The van der Waals surface area contributed by atoms with Gasteiger partial charge in [-0.15, -0.1) is 0 Å². The highest BCUT2D eigenvalue weighted by atomic mass is 35.5. The van der Waals surface area contributed by atoms with Gasteiger partial charge < -0.3 is 0 Å². The molecule has 19 heavy (non-hydrogen) atoms. The molecule has 2 aromatic rings. The topological polar surface area (TPSA) is 34.9 Å². The summed E-state index contributed by atoms with van der Waals surface area (Å²) in [7, 11) is 0. The van der Waals surface area contributed by atoms with Crippen molar-refractivity contribution >= 4 is 35.2 Å². The summed E-state index contributed by atoms with van der Waals surface area (Å²) in [6.07, 6.45) is 3.09. The molecule has 0 bridgehead atoms. The van der Waals surface area contributed by atoms with Crippen LogP contribution in [0.2, 0.25) is 10.0 Å². The highest BCUT2D eigenvalue weighted by Gasteiger charge is 2.07. The van der Waals surface area contributed by atoms with E-state index in [1.807, 2.05) is 19.9 Å². The van der Waals surface area contributed by atoms with Gasteiger partial charge >= 0.3 is 0 Å². The van der Waals surface area contributed by atoms with E-state index in [9.17, 15) is 4.79 Å². The van der Waals surface area contributed by atoms with Crippen molar-refractivity contribution in [2.45, 2.75) is 13.8 Å². The Kier molecular flexibility index (Phi) is 4.08. The van der Waals surface area contributed by atoms with E-state index < -0.39 is 0 Å². The zero-order chi connectivity index (χ0) is 14.0. The van der Waals surface area contributed by atoms with Crippen LogP contribution in [0.3, 0.4) is 0 Å². The Morgan fingerprint density at radius 2 is 2.00 bits per heavy atom. The number of carbonyl (C=O) groups excluding carboxylic acids is 1. The first-order chi connectivity index (χ1) is 8.97. The van der Waals surface area contributed by atoms with Crippen molar-refractivity contribution in [3.63, 3.8) is 0 Å². The number of carbonyl (C=O) groups is 1. The zero-order valence-corrected chi connectivity index (χ0v) is 12.0. The molecule has 0 aliphatic heterocycles. The predicted molar refractivity (Wildman–Crippen MR) is 77.8 cm³/mol. The second kappa shape index (κ2) is 5.59. The zero-order valence-electron chi connectivity index (χ0n) is 10.5. The van der Waals surface area contributed by atoms with Crippen LogP contribution in [0.15, 0.2) is 30.3 Å². The van der Waals surface area contributed by atoms with Gasteiger partial charge in [-0.05, 0) is 43.7 Å². The maximum atomic E-state index is 12.0. The monoisotopic (exact) mass is 294 g/mol. The Labute approximate surface area is 121 Å². The van der Waals surface area contributed by atoms with Gasteiger partial charge in [-0.25, -0.2) is 4.68 Å². The molecule has 0 radical (unpaired) electrons. The van der Waals surface area contributed by atoms with Crippen LogP contribution in [-0.2, 0) is 0 Å². The van der Waals surface area contributed by atoms with Crippen molar-refractivity contribution in [2.75, 3.05) is 0 Å². The van der Waals surface area contributed by atoms with Gasteiger partial charge in [0, 0.05) is 21.8 Å². The van der Waals surface area contributed by atoms with Gasteiger partial charge in [-0.3, -0.25) is 4.79 Å². The second-order valence-corrected chi connectivity index (χ2v) is 5.02. The number of nitrogens with zero attached hydrogens (tertiary/aromatic N) is 2. The Balaban J connectivity index is 2.23. The van der Waals surface area contributed by atoms with Crippen LogP contribution in [0.1, 0.15) is 21.7 Å². The first kappa shape index (κ1) is 13.8. The van der Waals surface area contributed by atoms with Gasteiger partial charge in [0.1, 0.15) is 0 Å². The molecule has 0 unspecified atom stereocenters. The molecule has 0 fully saturated rings. The van der Waals surface area contributed by atoms with Crippen molar-refractivity contribution in [3.05, 3.63) is 57.3 Å².